The number of ether oxygens (including phenoxy) is 2. The molecule has 0 bridgehead atoms. The van der Waals surface area contributed by atoms with Crippen LogP contribution in [-0.4, -0.2) is 39.1 Å². The fourth-order valence-electron chi connectivity index (χ4n) is 2.37. The topological polar surface area (TPSA) is 67.9 Å². The number of nitrogens with one attached hydrogen (secondary N) is 1. The van der Waals surface area contributed by atoms with Crippen molar-refractivity contribution in [1.29, 1.82) is 0 Å². The molecule has 2 amide bonds. The van der Waals surface area contributed by atoms with Gasteiger partial charge in [-0.15, -0.1) is 0 Å². The van der Waals surface area contributed by atoms with E-state index in [-0.39, 0.29) is 11.8 Å². The number of rotatable bonds is 7. The Morgan fingerprint density at radius 1 is 1.00 bits per heavy atom. The molecule has 6 nitrogen and oxygen atoms in total. The zero-order valence-corrected chi connectivity index (χ0v) is 14.6. The maximum absolute atomic E-state index is 12.2. The molecule has 0 saturated carbocycles. The van der Waals surface area contributed by atoms with Gasteiger partial charge in [-0.2, -0.15) is 0 Å². The lowest BCUT2D eigenvalue weighted by Crippen LogP contribution is -2.37. The van der Waals surface area contributed by atoms with Gasteiger partial charge in [-0.05, 0) is 36.4 Å². The molecule has 0 atom stereocenters. The van der Waals surface area contributed by atoms with Crippen molar-refractivity contribution >= 4 is 17.5 Å². The van der Waals surface area contributed by atoms with Crippen LogP contribution in [0.15, 0.2) is 48.5 Å². The normalized spacial score (nSPS) is 10.0. The predicted molar refractivity (Wildman–Crippen MR) is 96.3 cm³/mol. The number of hydrogen-bond donors (Lipinski definition) is 1. The smallest absolute Gasteiger partial charge is 0.251 e. The van der Waals surface area contributed by atoms with E-state index in [9.17, 15) is 9.59 Å². The van der Waals surface area contributed by atoms with Crippen molar-refractivity contribution in [2.45, 2.75) is 6.92 Å². The summed E-state index contributed by atoms with van der Waals surface area (Å²) in [6.07, 6.45) is 0. The lowest BCUT2D eigenvalue weighted by atomic mass is 10.2. The molecule has 0 aromatic heterocycles. The average molecular weight is 342 g/mol. The van der Waals surface area contributed by atoms with Gasteiger partial charge in [0.1, 0.15) is 11.5 Å². The molecule has 0 radical (unpaired) electrons. The van der Waals surface area contributed by atoms with Crippen LogP contribution in [0.4, 0.5) is 5.69 Å². The molecule has 132 valence electrons. The van der Waals surface area contributed by atoms with E-state index in [0.29, 0.717) is 30.2 Å². The zero-order valence-electron chi connectivity index (χ0n) is 14.6. The monoisotopic (exact) mass is 342 g/mol. The summed E-state index contributed by atoms with van der Waals surface area (Å²) in [6.45, 7) is 2.19. The number of amides is 2. The number of benzene rings is 2. The summed E-state index contributed by atoms with van der Waals surface area (Å²) in [4.78, 5) is 25.7. The molecule has 0 spiro atoms. The minimum atomic E-state index is -0.197. The minimum absolute atomic E-state index is 0.105. The van der Waals surface area contributed by atoms with Crippen LogP contribution in [0, 0.1) is 0 Å². The van der Waals surface area contributed by atoms with E-state index in [2.05, 4.69) is 5.32 Å². The third kappa shape index (κ3) is 4.97. The molecule has 2 rings (SSSR count). The second-order valence-corrected chi connectivity index (χ2v) is 5.36. The first-order valence-corrected chi connectivity index (χ1v) is 7.89. The van der Waals surface area contributed by atoms with Crippen LogP contribution in [0.3, 0.4) is 0 Å². The van der Waals surface area contributed by atoms with E-state index in [1.807, 2.05) is 18.2 Å². The van der Waals surface area contributed by atoms with Crippen LogP contribution in [0.2, 0.25) is 0 Å². The number of anilines is 1. The first kappa shape index (κ1) is 18.3. The first-order valence-electron chi connectivity index (χ1n) is 7.89. The summed E-state index contributed by atoms with van der Waals surface area (Å²) < 4.78 is 10.3. The van der Waals surface area contributed by atoms with Crippen LogP contribution in [0.25, 0.3) is 0 Å². The SMILES string of the molecule is COc1ccc(C(=O)NCCN(C(C)=O)c2cccc(OC)c2)cc1. The van der Waals surface area contributed by atoms with Crippen LogP contribution in [0.1, 0.15) is 17.3 Å². The van der Waals surface area contributed by atoms with Gasteiger partial charge in [0, 0.05) is 37.3 Å². The minimum Gasteiger partial charge on any atom is -0.497 e. The van der Waals surface area contributed by atoms with Gasteiger partial charge in [-0.3, -0.25) is 9.59 Å². The highest BCUT2D eigenvalue weighted by Gasteiger charge is 2.13. The quantitative estimate of drug-likeness (QED) is 0.839. The molecule has 2 aromatic carbocycles. The standard InChI is InChI=1S/C19H22N2O4/c1-14(22)21(16-5-4-6-18(13-16)25-3)12-11-20-19(23)15-7-9-17(24-2)10-8-15/h4-10,13H,11-12H2,1-3H3,(H,20,23). The van der Waals surface area contributed by atoms with Gasteiger partial charge >= 0.3 is 0 Å². The van der Waals surface area contributed by atoms with Crippen molar-refractivity contribution in [3.8, 4) is 11.5 Å². The lowest BCUT2D eigenvalue weighted by molar-refractivity contribution is -0.116. The summed E-state index contributed by atoms with van der Waals surface area (Å²) in [5.74, 6) is 1.06. The average Bonchev–Trinajstić information content (AvgIpc) is 2.64. The highest BCUT2D eigenvalue weighted by Crippen LogP contribution is 2.20. The van der Waals surface area contributed by atoms with E-state index in [1.165, 1.54) is 6.92 Å². The van der Waals surface area contributed by atoms with Gasteiger partial charge in [0.2, 0.25) is 5.91 Å². The van der Waals surface area contributed by atoms with Gasteiger partial charge < -0.3 is 19.7 Å². The molecule has 25 heavy (non-hydrogen) atoms. The van der Waals surface area contributed by atoms with Crippen LogP contribution in [-0.2, 0) is 4.79 Å². The van der Waals surface area contributed by atoms with E-state index in [0.717, 1.165) is 5.69 Å². The Morgan fingerprint density at radius 3 is 2.28 bits per heavy atom. The molecule has 1 N–H and O–H groups in total. The predicted octanol–water partition coefficient (Wildman–Crippen LogP) is 2.49. The van der Waals surface area contributed by atoms with Crippen LogP contribution >= 0.6 is 0 Å². The molecule has 0 saturated heterocycles. The number of carbonyl (C=O) groups is 2. The van der Waals surface area contributed by atoms with Crippen molar-refractivity contribution in [3.05, 3.63) is 54.1 Å². The largest absolute Gasteiger partial charge is 0.497 e. The van der Waals surface area contributed by atoms with Gasteiger partial charge in [0.25, 0.3) is 5.91 Å². The second kappa shape index (κ2) is 8.73. The van der Waals surface area contributed by atoms with Crippen molar-refractivity contribution in [3.63, 3.8) is 0 Å². The Balaban J connectivity index is 1.96. The summed E-state index contributed by atoms with van der Waals surface area (Å²) >= 11 is 0. The maximum atomic E-state index is 12.2. The molecule has 0 unspecified atom stereocenters. The highest BCUT2D eigenvalue weighted by atomic mass is 16.5. The molecule has 0 fully saturated rings. The molecular weight excluding hydrogens is 320 g/mol. The number of carbonyl (C=O) groups excluding carboxylic acids is 2. The highest BCUT2D eigenvalue weighted by molar-refractivity contribution is 5.95. The van der Waals surface area contributed by atoms with Gasteiger partial charge in [-0.1, -0.05) is 6.07 Å². The lowest BCUT2D eigenvalue weighted by Gasteiger charge is -2.22. The summed E-state index contributed by atoms with van der Waals surface area (Å²) in [5.41, 5.74) is 1.27. The summed E-state index contributed by atoms with van der Waals surface area (Å²) in [5, 5.41) is 2.82. The van der Waals surface area contributed by atoms with E-state index >= 15 is 0 Å². The first-order chi connectivity index (χ1) is 12.0. The number of methoxy groups -OCH3 is 2. The van der Waals surface area contributed by atoms with Crippen molar-refractivity contribution in [2.75, 3.05) is 32.2 Å². The van der Waals surface area contributed by atoms with Gasteiger partial charge in [0.05, 0.1) is 14.2 Å². The van der Waals surface area contributed by atoms with E-state index in [4.69, 9.17) is 9.47 Å². The Hall–Kier alpha value is -3.02. The van der Waals surface area contributed by atoms with Crippen molar-refractivity contribution in [1.82, 2.24) is 5.32 Å². The maximum Gasteiger partial charge on any atom is 0.251 e. The molecular formula is C19H22N2O4. The fraction of sp³-hybridized carbons (Fsp3) is 0.263. The third-order valence-corrected chi connectivity index (χ3v) is 3.72. The molecule has 0 aliphatic rings. The zero-order chi connectivity index (χ0) is 18.2. The van der Waals surface area contributed by atoms with Crippen LogP contribution < -0.4 is 19.7 Å². The van der Waals surface area contributed by atoms with Crippen molar-refractivity contribution in [2.24, 2.45) is 0 Å². The molecule has 0 heterocycles. The van der Waals surface area contributed by atoms with E-state index in [1.54, 1.807) is 49.5 Å². The van der Waals surface area contributed by atoms with Gasteiger partial charge in [-0.25, -0.2) is 0 Å². The molecule has 2 aromatic rings. The summed E-state index contributed by atoms with van der Waals surface area (Å²) in [6, 6.07) is 14.1. The molecule has 0 aliphatic carbocycles. The number of nitrogens with zero attached hydrogens (tertiary/aromatic N) is 1. The Morgan fingerprint density at radius 2 is 1.68 bits per heavy atom. The fourth-order valence-corrected chi connectivity index (χ4v) is 2.37. The number of hydrogen-bond acceptors (Lipinski definition) is 4. The second-order valence-electron chi connectivity index (χ2n) is 5.36. The Labute approximate surface area is 147 Å². The molecule has 6 heteroatoms. The Bertz CT molecular complexity index is 728. The van der Waals surface area contributed by atoms with Crippen molar-refractivity contribution < 1.29 is 19.1 Å². The van der Waals surface area contributed by atoms with Crippen LogP contribution in [0.5, 0.6) is 11.5 Å². The van der Waals surface area contributed by atoms with Gasteiger partial charge in [0.15, 0.2) is 0 Å². The van der Waals surface area contributed by atoms with E-state index < -0.39 is 0 Å². The Kier molecular flexibility index (Phi) is 6.39. The third-order valence-electron chi connectivity index (χ3n) is 3.72. The molecule has 0 aliphatic heterocycles. The summed E-state index contributed by atoms with van der Waals surface area (Å²) in [7, 11) is 3.15.